The Morgan fingerprint density at radius 1 is 1.25 bits per heavy atom. The van der Waals surface area contributed by atoms with Gasteiger partial charge in [0.25, 0.3) is 0 Å². The summed E-state index contributed by atoms with van der Waals surface area (Å²) in [6, 6.07) is -0.141. The summed E-state index contributed by atoms with van der Waals surface area (Å²) in [6.07, 6.45) is 0.817. The lowest BCUT2D eigenvalue weighted by Gasteiger charge is -2.49. The lowest BCUT2D eigenvalue weighted by molar-refractivity contribution is 0.00954. The monoisotopic (exact) mass is 283 g/mol. The fourth-order valence-electron chi connectivity index (χ4n) is 3.54. The Morgan fingerprint density at radius 2 is 1.90 bits per heavy atom. The number of hydrogen-bond acceptors (Lipinski definition) is 2. The van der Waals surface area contributed by atoms with Crippen LogP contribution in [0.25, 0.3) is 0 Å². The normalized spacial score (nSPS) is 28.2. The van der Waals surface area contributed by atoms with Crippen molar-refractivity contribution < 1.29 is 14.7 Å². The molecular weight excluding hydrogens is 258 g/mol. The van der Waals surface area contributed by atoms with E-state index < -0.39 is 6.09 Å². The topological polar surface area (TPSA) is 64.1 Å². The maximum atomic E-state index is 12.2. The van der Waals surface area contributed by atoms with Gasteiger partial charge in [-0.3, -0.25) is 0 Å². The lowest BCUT2D eigenvalue weighted by atomic mass is 9.77. The Labute approximate surface area is 120 Å². The van der Waals surface area contributed by atoms with E-state index in [0.29, 0.717) is 13.1 Å². The van der Waals surface area contributed by atoms with Crippen molar-refractivity contribution in [3.63, 3.8) is 0 Å². The molecule has 2 saturated heterocycles. The largest absolute Gasteiger partial charge is 0.465 e. The molecule has 0 aromatic rings. The molecule has 1 unspecified atom stereocenters. The molecule has 2 aliphatic rings. The highest BCUT2D eigenvalue weighted by atomic mass is 16.4. The Morgan fingerprint density at radius 3 is 2.35 bits per heavy atom. The molecule has 0 spiro atoms. The molecule has 0 aromatic heterocycles. The van der Waals surface area contributed by atoms with Gasteiger partial charge in [-0.05, 0) is 18.3 Å². The Hall–Kier alpha value is -1.46. The molecule has 0 aromatic carbocycles. The molecule has 2 atom stereocenters. The third-order valence-electron chi connectivity index (χ3n) is 4.38. The second kappa shape index (κ2) is 5.14. The zero-order valence-electron chi connectivity index (χ0n) is 12.8. The van der Waals surface area contributed by atoms with E-state index >= 15 is 0 Å². The van der Waals surface area contributed by atoms with E-state index in [-0.39, 0.29) is 23.5 Å². The van der Waals surface area contributed by atoms with Crippen molar-refractivity contribution >= 4 is 12.1 Å². The zero-order valence-corrected chi connectivity index (χ0v) is 12.8. The van der Waals surface area contributed by atoms with Crippen molar-refractivity contribution in [1.82, 2.24) is 14.7 Å². The summed E-state index contributed by atoms with van der Waals surface area (Å²) >= 11 is 0. The van der Waals surface area contributed by atoms with Crippen LogP contribution in [0.1, 0.15) is 33.6 Å². The van der Waals surface area contributed by atoms with Gasteiger partial charge in [0, 0.05) is 26.7 Å². The van der Waals surface area contributed by atoms with E-state index in [1.807, 2.05) is 4.90 Å². The van der Waals surface area contributed by atoms with Gasteiger partial charge in [-0.2, -0.15) is 0 Å². The number of piperidine rings is 1. The van der Waals surface area contributed by atoms with Gasteiger partial charge >= 0.3 is 12.1 Å². The molecule has 0 saturated carbocycles. The van der Waals surface area contributed by atoms with Gasteiger partial charge in [0.1, 0.15) is 0 Å². The van der Waals surface area contributed by atoms with Gasteiger partial charge in [-0.1, -0.05) is 20.8 Å². The van der Waals surface area contributed by atoms with Crippen LogP contribution in [0.2, 0.25) is 0 Å². The molecule has 0 aliphatic carbocycles. The van der Waals surface area contributed by atoms with Crippen LogP contribution in [-0.2, 0) is 0 Å². The molecule has 6 nitrogen and oxygen atoms in total. The number of nitrogens with zero attached hydrogens (tertiary/aromatic N) is 3. The van der Waals surface area contributed by atoms with Gasteiger partial charge in [0.2, 0.25) is 0 Å². The molecule has 20 heavy (non-hydrogen) atoms. The van der Waals surface area contributed by atoms with E-state index in [4.69, 9.17) is 0 Å². The molecule has 1 N–H and O–H groups in total. The molecule has 2 heterocycles. The highest BCUT2D eigenvalue weighted by molar-refractivity contribution is 5.77. The summed E-state index contributed by atoms with van der Waals surface area (Å²) in [7, 11) is 1.80. The van der Waals surface area contributed by atoms with Gasteiger partial charge in [0.05, 0.1) is 12.1 Å². The number of carbonyl (C=O) groups is 2. The smallest absolute Gasteiger partial charge is 0.407 e. The second-order valence-electron chi connectivity index (χ2n) is 6.89. The van der Waals surface area contributed by atoms with Gasteiger partial charge in [-0.15, -0.1) is 0 Å². The molecular formula is C14H25N3O3. The van der Waals surface area contributed by atoms with Crippen molar-refractivity contribution in [3.8, 4) is 0 Å². The third-order valence-corrected chi connectivity index (χ3v) is 4.38. The minimum absolute atomic E-state index is 0.0164. The quantitative estimate of drug-likeness (QED) is 0.799. The molecule has 2 aliphatic heterocycles. The molecule has 6 heteroatoms. The molecule has 114 valence electrons. The van der Waals surface area contributed by atoms with Crippen LogP contribution >= 0.6 is 0 Å². The summed E-state index contributed by atoms with van der Waals surface area (Å²) < 4.78 is 0. The number of rotatable bonds is 1. The number of likely N-dealkylation sites (tertiary alicyclic amines) is 1. The Kier molecular flexibility index (Phi) is 3.84. The highest BCUT2D eigenvalue weighted by Crippen LogP contribution is 2.35. The number of amides is 3. The van der Waals surface area contributed by atoms with Crippen molar-refractivity contribution in [3.05, 3.63) is 0 Å². The number of likely N-dealkylation sites (N-methyl/N-ethyl adjacent to an activating group) is 1. The first-order valence-electron chi connectivity index (χ1n) is 7.25. The van der Waals surface area contributed by atoms with Crippen LogP contribution in [0.5, 0.6) is 0 Å². The minimum Gasteiger partial charge on any atom is -0.465 e. The van der Waals surface area contributed by atoms with Crippen LogP contribution < -0.4 is 0 Å². The maximum Gasteiger partial charge on any atom is 0.407 e. The van der Waals surface area contributed by atoms with Crippen molar-refractivity contribution in [2.24, 2.45) is 5.41 Å². The predicted octanol–water partition coefficient (Wildman–Crippen LogP) is 1.91. The average Bonchev–Trinajstić information content (AvgIpc) is 2.68. The Balaban J connectivity index is 2.29. The molecule has 2 rings (SSSR count). The fraction of sp³-hybridized carbons (Fsp3) is 0.857. The molecule has 3 amide bonds. The van der Waals surface area contributed by atoms with E-state index in [9.17, 15) is 14.7 Å². The van der Waals surface area contributed by atoms with Crippen LogP contribution in [0.3, 0.4) is 0 Å². The van der Waals surface area contributed by atoms with Crippen LogP contribution in [0.4, 0.5) is 9.59 Å². The van der Waals surface area contributed by atoms with E-state index in [1.165, 1.54) is 4.90 Å². The lowest BCUT2D eigenvalue weighted by Crippen LogP contribution is -2.62. The van der Waals surface area contributed by atoms with E-state index in [1.54, 1.807) is 11.9 Å². The fourth-order valence-corrected chi connectivity index (χ4v) is 3.54. The van der Waals surface area contributed by atoms with Gasteiger partial charge in [-0.25, -0.2) is 9.59 Å². The number of hydrogen-bond donors (Lipinski definition) is 1. The second-order valence-corrected chi connectivity index (χ2v) is 6.89. The van der Waals surface area contributed by atoms with E-state index in [0.717, 1.165) is 19.4 Å². The van der Waals surface area contributed by atoms with E-state index in [2.05, 4.69) is 20.8 Å². The minimum atomic E-state index is -0.880. The summed E-state index contributed by atoms with van der Waals surface area (Å²) in [5.74, 6) is 0. The first-order valence-corrected chi connectivity index (χ1v) is 7.25. The third kappa shape index (κ3) is 2.55. The van der Waals surface area contributed by atoms with Gasteiger partial charge in [0.15, 0.2) is 0 Å². The van der Waals surface area contributed by atoms with Gasteiger partial charge < -0.3 is 19.8 Å². The summed E-state index contributed by atoms with van der Waals surface area (Å²) in [5.41, 5.74) is -0.190. The predicted molar refractivity (Wildman–Crippen MR) is 75.7 cm³/mol. The maximum absolute atomic E-state index is 12.2. The highest BCUT2D eigenvalue weighted by Gasteiger charge is 2.46. The van der Waals surface area contributed by atoms with Crippen molar-refractivity contribution in [2.45, 2.75) is 45.7 Å². The average molecular weight is 283 g/mol. The zero-order chi connectivity index (χ0) is 15.1. The summed E-state index contributed by atoms with van der Waals surface area (Å²) in [5, 5.41) is 9.46. The van der Waals surface area contributed by atoms with Crippen molar-refractivity contribution in [2.75, 3.05) is 26.7 Å². The first-order chi connectivity index (χ1) is 9.23. The number of urea groups is 1. The van der Waals surface area contributed by atoms with Crippen LogP contribution in [0.15, 0.2) is 0 Å². The van der Waals surface area contributed by atoms with Crippen molar-refractivity contribution in [1.29, 1.82) is 0 Å². The number of carboxylic acid groups (broad SMARTS) is 1. The van der Waals surface area contributed by atoms with Crippen LogP contribution in [-0.4, -0.2) is 70.7 Å². The molecule has 0 radical (unpaired) electrons. The standard InChI is InChI=1S/C14H25N3O3/c1-14(2,3)11-10(6-5-7-17(11)13(19)20)16-9-8-15(4)12(16)18/h10-11H,5-9H2,1-4H3,(H,19,20)/t10-,11?/m1/s1. The molecule has 2 fully saturated rings. The van der Waals surface area contributed by atoms with Crippen LogP contribution in [0, 0.1) is 5.41 Å². The summed E-state index contributed by atoms with van der Waals surface area (Å²) in [4.78, 5) is 28.9. The number of carbonyl (C=O) groups excluding carboxylic acids is 1. The summed E-state index contributed by atoms with van der Waals surface area (Å²) in [6.45, 7) is 8.13. The first kappa shape index (κ1) is 14.9. The molecule has 0 bridgehead atoms. The Bertz CT molecular complexity index is 405. The SMILES string of the molecule is CN1CCN([C@@H]2CCCN(C(=O)O)C2C(C)(C)C)C1=O.